The van der Waals surface area contributed by atoms with Crippen molar-refractivity contribution in [1.82, 2.24) is 9.29 Å². The maximum atomic E-state index is 12.1. The third-order valence-electron chi connectivity index (χ3n) is 2.84. The van der Waals surface area contributed by atoms with Crippen molar-refractivity contribution in [3.8, 4) is 0 Å². The van der Waals surface area contributed by atoms with E-state index in [2.05, 4.69) is 4.98 Å². The number of aryl methyl sites for hydroxylation is 1. The predicted molar refractivity (Wildman–Crippen MR) is 75.2 cm³/mol. The second-order valence-corrected chi connectivity index (χ2v) is 6.53. The van der Waals surface area contributed by atoms with Crippen LogP contribution in [0.4, 0.5) is 0 Å². The molecule has 5 nitrogen and oxygen atoms in total. The van der Waals surface area contributed by atoms with Crippen molar-refractivity contribution in [2.75, 3.05) is 18.9 Å². The Kier molecular flexibility index (Phi) is 6.41. The molecule has 0 aliphatic carbocycles. The first-order valence-electron chi connectivity index (χ1n) is 6.51. The van der Waals surface area contributed by atoms with Gasteiger partial charge in [-0.1, -0.05) is 13.0 Å². The monoisotopic (exact) mass is 286 g/mol. The van der Waals surface area contributed by atoms with Crippen LogP contribution in [0.3, 0.4) is 0 Å². The van der Waals surface area contributed by atoms with Crippen LogP contribution in [0.2, 0.25) is 0 Å². The second-order valence-electron chi connectivity index (χ2n) is 4.44. The maximum Gasteiger partial charge on any atom is 0.214 e. The van der Waals surface area contributed by atoms with Crippen molar-refractivity contribution in [3.05, 3.63) is 29.6 Å². The largest absolute Gasteiger partial charge is 0.396 e. The van der Waals surface area contributed by atoms with Gasteiger partial charge in [0.2, 0.25) is 10.0 Å². The number of nitrogens with zero attached hydrogens (tertiary/aromatic N) is 2. The molecule has 108 valence electrons. The highest BCUT2D eigenvalue weighted by molar-refractivity contribution is 7.89. The van der Waals surface area contributed by atoms with Gasteiger partial charge in [0.15, 0.2) is 0 Å². The summed E-state index contributed by atoms with van der Waals surface area (Å²) in [4.78, 5) is 4.32. The lowest BCUT2D eigenvalue weighted by atomic mass is 10.3. The zero-order valence-corrected chi connectivity index (χ0v) is 12.4. The molecule has 0 amide bonds. The van der Waals surface area contributed by atoms with E-state index in [0.717, 1.165) is 11.4 Å². The Balaban J connectivity index is 2.72. The van der Waals surface area contributed by atoms with Crippen LogP contribution in [-0.2, 0) is 16.6 Å². The zero-order chi connectivity index (χ0) is 14.3. The fraction of sp³-hybridized carbons (Fsp3) is 0.615. The Morgan fingerprint density at radius 2 is 2.05 bits per heavy atom. The molecule has 0 atom stereocenters. The van der Waals surface area contributed by atoms with Gasteiger partial charge in [-0.05, 0) is 31.9 Å². The molecule has 0 aromatic carbocycles. The third-order valence-corrected chi connectivity index (χ3v) is 4.82. The number of hydrogen-bond acceptors (Lipinski definition) is 4. The van der Waals surface area contributed by atoms with E-state index in [9.17, 15) is 8.42 Å². The van der Waals surface area contributed by atoms with E-state index >= 15 is 0 Å². The number of aliphatic hydroxyl groups is 1. The van der Waals surface area contributed by atoms with E-state index in [4.69, 9.17) is 5.11 Å². The molecular weight excluding hydrogens is 264 g/mol. The van der Waals surface area contributed by atoms with E-state index < -0.39 is 10.0 Å². The molecule has 1 aromatic rings. The van der Waals surface area contributed by atoms with Gasteiger partial charge < -0.3 is 5.11 Å². The molecule has 19 heavy (non-hydrogen) atoms. The van der Waals surface area contributed by atoms with Crippen molar-refractivity contribution < 1.29 is 13.5 Å². The van der Waals surface area contributed by atoms with E-state index in [1.54, 1.807) is 0 Å². The first kappa shape index (κ1) is 16.1. The quantitative estimate of drug-likeness (QED) is 0.732. The normalized spacial score (nSPS) is 12.0. The molecule has 0 saturated heterocycles. The second kappa shape index (κ2) is 7.57. The molecular formula is C13H22N2O3S. The summed E-state index contributed by atoms with van der Waals surface area (Å²) in [5.74, 6) is 0.0766. The summed E-state index contributed by atoms with van der Waals surface area (Å²) in [6.07, 6.45) is 0.996. The molecule has 0 aliphatic heterocycles. The van der Waals surface area contributed by atoms with Crippen molar-refractivity contribution in [3.63, 3.8) is 0 Å². The number of aromatic nitrogens is 1. The van der Waals surface area contributed by atoms with Gasteiger partial charge in [0, 0.05) is 18.8 Å². The van der Waals surface area contributed by atoms with E-state index in [-0.39, 0.29) is 12.4 Å². The Labute approximate surface area is 115 Å². The van der Waals surface area contributed by atoms with Gasteiger partial charge in [-0.2, -0.15) is 4.31 Å². The van der Waals surface area contributed by atoms with Crippen LogP contribution in [0.5, 0.6) is 0 Å². The Morgan fingerprint density at radius 3 is 2.63 bits per heavy atom. The predicted octanol–water partition coefficient (Wildman–Crippen LogP) is 1.31. The van der Waals surface area contributed by atoms with Gasteiger partial charge >= 0.3 is 0 Å². The number of hydrogen-bond donors (Lipinski definition) is 1. The molecule has 0 fully saturated rings. The van der Waals surface area contributed by atoms with Crippen LogP contribution in [0, 0.1) is 6.92 Å². The number of rotatable bonds is 8. The van der Waals surface area contributed by atoms with E-state index in [0.29, 0.717) is 25.9 Å². The minimum Gasteiger partial charge on any atom is -0.396 e. The lowest BCUT2D eigenvalue weighted by Crippen LogP contribution is -2.32. The van der Waals surface area contributed by atoms with Gasteiger partial charge in [0.05, 0.1) is 18.0 Å². The topological polar surface area (TPSA) is 70.5 Å². The van der Waals surface area contributed by atoms with Crippen LogP contribution >= 0.6 is 0 Å². The minimum atomic E-state index is -3.27. The maximum absolute atomic E-state index is 12.1. The summed E-state index contributed by atoms with van der Waals surface area (Å²) < 4.78 is 25.7. The highest BCUT2D eigenvalue weighted by Crippen LogP contribution is 2.10. The van der Waals surface area contributed by atoms with Gasteiger partial charge in [0.25, 0.3) is 0 Å². The van der Waals surface area contributed by atoms with E-state index in [1.165, 1.54) is 4.31 Å². The van der Waals surface area contributed by atoms with Gasteiger partial charge in [-0.3, -0.25) is 4.98 Å². The summed E-state index contributed by atoms with van der Waals surface area (Å²) >= 11 is 0. The standard InChI is InChI=1S/C13H22N2O3S/c1-3-15(19(17,18)10-5-4-9-16)11-13-8-6-7-12(2)14-13/h6-8,16H,3-5,9-11H2,1-2H3. The Hall–Kier alpha value is -0.980. The summed E-state index contributed by atoms with van der Waals surface area (Å²) in [7, 11) is -3.27. The number of pyridine rings is 1. The average Bonchev–Trinajstić information content (AvgIpc) is 2.36. The third kappa shape index (κ3) is 5.26. The molecule has 0 radical (unpaired) electrons. The fourth-order valence-corrected chi connectivity index (χ4v) is 3.35. The van der Waals surface area contributed by atoms with Crippen LogP contribution in [-0.4, -0.2) is 41.7 Å². The highest BCUT2D eigenvalue weighted by atomic mass is 32.2. The SMILES string of the molecule is CCN(Cc1cccc(C)n1)S(=O)(=O)CCCCO. The van der Waals surface area contributed by atoms with Crippen molar-refractivity contribution >= 4 is 10.0 Å². The van der Waals surface area contributed by atoms with Crippen molar-refractivity contribution in [1.29, 1.82) is 0 Å². The van der Waals surface area contributed by atoms with Crippen LogP contribution in [0.15, 0.2) is 18.2 Å². The molecule has 6 heteroatoms. The van der Waals surface area contributed by atoms with Gasteiger partial charge in [-0.25, -0.2) is 8.42 Å². The highest BCUT2D eigenvalue weighted by Gasteiger charge is 2.20. The lowest BCUT2D eigenvalue weighted by molar-refractivity contribution is 0.286. The summed E-state index contributed by atoms with van der Waals surface area (Å²) in [6.45, 7) is 4.47. The number of sulfonamides is 1. The lowest BCUT2D eigenvalue weighted by Gasteiger charge is -2.20. The minimum absolute atomic E-state index is 0.0288. The van der Waals surface area contributed by atoms with Crippen LogP contribution in [0.1, 0.15) is 31.2 Å². The molecule has 0 aliphatic rings. The molecule has 1 rings (SSSR count). The Bertz CT molecular complexity index is 488. The number of aliphatic hydroxyl groups excluding tert-OH is 1. The fourth-order valence-electron chi connectivity index (χ4n) is 1.80. The molecule has 1 aromatic heterocycles. The zero-order valence-electron chi connectivity index (χ0n) is 11.5. The Morgan fingerprint density at radius 1 is 1.32 bits per heavy atom. The summed E-state index contributed by atoms with van der Waals surface area (Å²) in [5.41, 5.74) is 1.64. The molecule has 1 N–H and O–H groups in total. The van der Waals surface area contributed by atoms with Crippen molar-refractivity contribution in [2.24, 2.45) is 0 Å². The first-order chi connectivity index (χ1) is 8.99. The summed E-state index contributed by atoms with van der Waals surface area (Å²) in [6, 6.07) is 5.60. The molecule has 0 bridgehead atoms. The van der Waals surface area contributed by atoms with Gasteiger partial charge in [-0.15, -0.1) is 0 Å². The average molecular weight is 286 g/mol. The summed E-state index contributed by atoms with van der Waals surface area (Å²) in [5, 5.41) is 8.71. The van der Waals surface area contributed by atoms with Gasteiger partial charge in [0.1, 0.15) is 0 Å². The number of unbranched alkanes of at least 4 members (excludes halogenated alkanes) is 1. The first-order valence-corrected chi connectivity index (χ1v) is 8.11. The van der Waals surface area contributed by atoms with Crippen LogP contribution < -0.4 is 0 Å². The molecule has 0 saturated carbocycles. The van der Waals surface area contributed by atoms with Crippen molar-refractivity contribution in [2.45, 2.75) is 33.2 Å². The van der Waals surface area contributed by atoms with E-state index in [1.807, 2.05) is 32.0 Å². The molecule has 0 unspecified atom stereocenters. The van der Waals surface area contributed by atoms with Crippen LogP contribution in [0.25, 0.3) is 0 Å². The molecule has 0 spiro atoms. The smallest absolute Gasteiger partial charge is 0.214 e. The molecule has 1 heterocycles.